The number of benzene rings is 2. The minimum absolute atomic E-state index is 0.243. The van der Waals surface area contributed by atoms with Gasteiger partial charge in [-0.25, -0.2) is 4.79 Å². The second-order valence-corrected chi connectivity index (χ2v) is 8.04. The lowest BCUT2D eigenvalue weighted by Gasteiger charge is -2.43. The number of hydrogen-bond acceptors (Lipinski definition) is 7. The van der Waals surface area contributed by atoms with Gasteiger partial charge in [-0.3, -0.25) is 0 Å². The van der Waals surface area contributed by atoms with Crippen molar-refractivity contribution in [1.82, 2.24) is 0 Å². The molecule has 0 spiro atoms. The fraction of sp³-hybridized carbons (Fsp3) is 0.409. The van der Waals surface area contributed by atoms with Gasteiger partial charge >= 0.3 is 5.97 Å². The van der Waals surface area contributed by atoms with Gasteiger partial charge in [-0.2, -0.15) is 0 Å². The standard InChI is InChI=1S/C22H26O6S/c1-2-29-22-20(28-21(25)16-11-7-4-8-12-16)18(24)19(17(13-23)27-22)26-14-15-9-5-3-6-10-15/h3-12,17-20,22-24H,2,13-14H2,1H3/t17-,18+,19-,20-,22-/m1/s1. The molecule has 0 saturated carbocycles. The van der Waals surface area contributed by atoms with Crippen molar-refractivity contribution in [3.8, 4) is 0 Å². The molecular formula is C22H26O6S. The van der Waals surface area contributed by atoms with Gasteiger partial charge < -0.3 is 24.4 Å². The summed E-state index contributed by atoms with van der Waals surface area (Å²) in [4.78, 5) is 12.6. The Morgan fingerprint density at radius 1 is 1.07 bits per heavy atom. The predicted octanol–water partition coefficient (Wildman–Crippen LogP) is 2.63. The number of carbonyl (C=O) groups is 1. The number of thioether (sulfide) groups is 1. The van der Waals surface area contributed by atoms with E-state index in [0.717, 1.165) is 5.56 Å². The first-order valence-corrected chi connectivity index (χ1v) is 10.7. The minimum Gasteiger partial charge on any atom is -0.452 e. The normalized spacial score (nSPS) is 26.8. The molecular weight excluding hydrogens is 392 g/mol. The summed E-state index contributed by atoms with van der Waals surface area (Å²) in [5, 5.41) is 20.8. The third kappa shape index (κ3) is 5.58. The number of aliphatic hydroxyl groups is 2. The van der Waals surface area contributed by atoms with E-state index in [1.165, 1.54) is 11.8 Å². The van der Waals surface area contributed by atoms with Gasteiger partial charge in [0.1, 0.15) is 23.7 Å². The molecule has 1 fully saturated rings. The Bertz CT molecular complexity index is 756. The second kappa shape index (κ2) is 10.8. The molecule has 0 unspecified atom stereocenters. The molecule has 0 amide bonds. The van der Waals surface area contributed by atoms with Crippen LogP contribution >= 0.6 is 11.8 Å². The molecule has 6 nitrogen and oxygen atoms in total. The number of carbonyl (C=O) groups excluding carboxylic acids is 1. The van der Waals surface area contributed by atoms with Crippen LogP contribution in [0.3, 0.4) is 0 Å². The minimum atomic E-state index is -1.14. The maximum atomic E-state index is 12.6. The predicted molar refractivity (Wildman–Crippen MR) is 111 cm³/mol. The molecule has 156 valence electrons. The van der Waals surface area contributed by atoms with Crippen LogP contribution < -0.4 is 0 Å². The van der Waals surface area contributed by atoms with Gasteiger partial charge in [-0.1, -0.05) is 55.5 Å². The molecule has 7 heteroatoms. The fourth-order valence-electron chi connectivity index (χ4n) is 3.20. The molecule has 2 N–H and O–H groups in total. The molecule has 0 aromatic heterocycles. The molecule has 29 heavy (non-hydrogen) atoms. The lowest BCUT2D eigenvalue weighted by Crippen LogP contribution is -2.59. The Hall–Kier alpha value is -1.90. The Morgan fingerprint density at radius 2 is 1.72 bits per heavy atom. The van der Waals surface area contributed by atoms with Crippen LogP contribution in [0, 0.1) is 0 Å². The SMILES string of the molecule is CCS[C@H]1O[C@H](CO)[C@@H](OCc2ccccc2)[C@H](O)[C@H]1OC(=O)c1ccccc1. The van der Waals surface area contributed by atoms with E-state index in [4.69, 9.17) is 14.2 Å². The van der Waals surface area contributed by atoms with Gasteiger partial charge in [0.05, 0.1) is 18.8 Å². The summed E-state index contributed by atoms with van der Waals surface area (Å²) in [6.07, 6.45) is -3.61. The van der Waals surface area contributed by atoms with E-state index < -0.39 is 35.8 Å². The van der Waals surface area contributed by atoms with Crippen LogP contribution in [0.25, 0.3) is 0 Å². The molecule has 1 aliphatic heterocycles. The number of hydrogen-bond donors (Lipinski definition) is 2. The van der Waals surface area contributed by atoms with Gasteiger partial charge in [-0.05, 0) is 23.4 Å². The van der Waals surface area contributed by atoms with Gasteiger partial charge in [0, 0.05) is 0 Å². The first kappa shape index (κ1) is 21.8. The van der Waals surface area contributed by atoms with Crippen molar-refractivity contribution in [3.05, 3.63) is 71.8 Å². The van der Waals surface area contributed by atoms with Crippen molar-refractivity contribution in [3.63, 3.8) is 0 Å². The van der Waals surface area contributed by atoms with E-state index in [2.05, 4.69) is 0 Å². The fourth-order valence-corrected chi connectivity index (χ4v) is 4.16. The highest BCUT2D eigenvalue weighted by atomic mass is 32.2. The zero-order chi connectivity index (χ0) is 20.6. The molecule has 1 heterocycles. The number of aliphatic hydroxyl groups excluding tert-OH is 2. The first-order valence-electron chi connectivity index (χ1n) is 9.61. The monoisotopic (exact) mass is 418 g/mol. The Labute approximate surface area is 174 Å². The van der Waals surface area contributed by atoms with Crippen LogP contribution in [-0.2, 0) is 20.8 Å². The molecule has 1 aliphatic rings. The Balaban J connectivity index is 1.75. The van der Waals surface area contributed by atoms with E-state index in [1.807, 2.05) is 43.3 Å². The maximum absolute atomic E-state index is 12.6. The van der Waals surface area contributed by atoms with Crippen molar-refractivity contribution in [2.24, 2.45) is 0 Å². The van der Waals surface area contributed by atoms with E-state index >= 15 is 0 Å². The third-order valence-corrected chi connectivity index (χ3v) is 5.71. The summed E-state index contributed by atoms with van der Waals surface area (Å²) in [6, 6.07) is 18.1. The summed E-state index contributed by atoms with van der Waals surface area (Å²) in [6.45, 7) is 1.88. The number of rotatable bonds is 8. The number of ether oxygens (including phenoxy) is 3. The lowest BCUT2D eigenvalue weighted by atomic mass is 9.99. The largest absolute Gasteiger partial charge is 0.452 e. The maximum Gasteiger partial charge on any atom is 0.338 e. The Kier molecular flexibility index (Phi) is 8.09. The zero-order valence-electron chi connectivity index (χ0n) is 16.2. The average Bonchev–Trinajstić information content (AvgIpc) is 2.76. The molecule has 2 aromatic rings. The second-order valence-electron chi connectivity index (χ2n) is 6.67. The van der Waals surface area contributed by atoms with Crippen LogP contribution in [0.1, 0.15) is 22.8 Å². The van der Waals surface area contributed by atoms with Gasteiger partial charge in [0.2, 0.25) is 0 Å². The molecule has 1 saturated heterocycles. The van der Waals surface area contributed by atoms with Crippen LogP contribution in [0.15, 0.2) is 60.7 Å². The quantitative estimate of drug-likeness (QED) is 0.638. The molecule has 3 rings (SSSR count). The summed E-state index contributed by atoms with van der Waals surface area (Å²) in [5.41, 5.74) is 0.724. The summed E-state index contributed by atoms with van der Waals surface area (Å²) >= 11 is 1.41. The zero-order valence-corrected chi connectivity index (χ0v) is 17.0. The van der Waals surface area contributed by atoms with Crippen molar-refractivity contribution in [2.75, 3.05) is 12.4 Å². The summed E-state index contributed by atoms with van der Waals surface area (Å²) < 4.78 is 17.5. The van der Waals surface area contributed by atoms with E-state index in [0.29, 0.717) is 11.3 Å². The van der Waals surface area contributed by atoms with Crippen LogP contribution in [0.4, 0.5) is 0 Å². The highest BCUT2D eigenvalue weighted by Crippen LogP contribution is 2.32. The van der Waals surface area contributed by atoms with Crippen LogP contribution in [0.5, 0.6) is 0 Å². The molecule has 2 aromatic carbocycles. The molecule has 0 bridgehead atoms. The number of esters is 1. The third-order valence-electron chi connectivity index (χ3n) is 4.67. The van der Waals surface area contributed by atoms with E-state index in [-0.39, 0.29) is 13.2 Å². The summed E-state index contributed by atoms with van der Waals surface area (Å²) in [7, 11) is 0. The average molecular weight is 419 g/mol. The van der Waals surface area contributed by atoms with Crippen molar-refractivity contribution in [1.29, 1.82) is 0 Å². The van der Waals surface area contributed by atoms with Crippen molar-refractivity contribution < 1.29 is 29.2 Å². The molecule has 5 atom stereocenters. The highest BCUT2D eigenvalue weighted by molar-refractivity contribution is 7.99. The topological polar surface area (TPSA) is 85.2 Å². The smallest absolute Gasteiger partial charge is 0.338 e. The lowest BCUT2D eigenvalue weighted by molar-refractivity contribution is -0.224. The van der Waals surface area contributed by atoms with Crippen molar-refractivity contribution >= 4 is 17.7 Å². The van der Waals surface area contributed by atoms with Gasteiger partial charge in [0.25, 0.3) is 0 Å². The van der Waals surface area contributed by atoms with Crippen molar-refractivity contribution in [2.45, 2.75) is 43.4 Å². The van der Waals surface area contributed by atoms with E-state index in [1.54, 1.807) is 24.3 Å². The van der Waals surface area contributed by atoms with Gasteiger partial charge in [0.15, 0.2) is 6.10 Å². The highest BCUT2D eigenvalue weighted by Gasteiger charge is 2.48. The molecule has 0 aliphatic carbocycles. The van der Waals surface area contributed by atoms with Crippen LogP contribution in [-0.4, -0.2) is 58.4 Å². The van der Waals surface area contributed by atoms with E-state index in [9.17, 15) is 15.0 Å². The summed E-state index contributed by atoms with van der Waals surface area (Å²) in [5.74, 6) is 0.161. The van der Waals surface area contributed by atoms with Gasteiger partial charge in [-0.15, -0.1) is 11.8 Å². The Morgan fingerprint density at radius 3 is 2.34 bits per heavy atom. The molecule has 0 radical (unpaired) electrons. The van der Waals surface area contributed by atoms with Crippen LogP contribution in [0.2, 0.25) is 0 Å². The first-order chi connectivity index (χ1) is 14.1.